The average Bonchev–Trinajstić information content (AvgIpc) is 3.32. The first-order valence-electron chi connectivity index (χ1n) is 21.3. The molecule has 10 nitrogen and oxygen atoms in total. The maximum atomic E-state index is 14.0. The number of aliphatic hydroxyl groups is 1. The van der Waals surface area contributed by atoms with Crippen LogP contribution in [0.5, 0.6) is 5.75 Å². The van der Waals surface area contributed by atoms with E-state index in [2.05, 4.69) is 56.7 Å². The molecule has 2 saturated heterocycles. The van der Waals surface area contributed by atoms with Gasteiger partial charge in [-0.15, -0.1) is 0 Å². The molecule has 0 radical (unpaired) electrons. The van der Waals surface area contributed by atoms with E-state index in [4.69, 9.17) is 21.1 Å². The fourth-order valence-corrected chi connectivity index (χ4v) is 13.7. The molecule has 4 aliphatic heterocycles. The van der Waals surface area contributed by atoms with E-state index in [0.717, 1.165) is 82.1 Å². The maximum absolute atomic E-state index is 14.0. The van der Waals surface area contributed by atoms with Crippen LogP contribution in [0.4, 0.5) is 5.69 Å². The number of nitrogens with zero attached hydrogens (tertiary/aromatic N) is 3. The van der Waals surface area contributed by atoms with Crippen molar-refractivity contribution in [2.24, 2.45) is 34.5 Å². The van der Waals surface area contributed by atoms with Crippen LogP contribution in [0.15, 0.2) is 53.6 Å². The van der Waals surface area contributed by atoms with Crippen molar-refractivity contribution in [3.05, 3.63) is 59.2 Å². The molecule has 1 aromatic carbocycles. The number of amides is 1. The lowest BCUT2D eigenvalue weighted by Crippen LogP contribution is -2.61. The summed E-state index contributed by atoms with van der Waals surface area (Å²) in [5.41, 5.74) is 0.133. The second kappa shape index (κ2) is 16.0. The molecule has 1 spiro atoms. The average molecular weight is 812 g/mol. The summed E-state index contributed by atoms with van der Waals surface area (Å²) in [5.74, 6) is 0.566. The zero-order valence-electron chi connectivity index (χ0n) is 33.6. The van der Waals surface area contributed by atoms with Crippen LogP contribution in [0, 0.1) is 34.5 Å². The molecule has 1 amide bonds. The zero-order chi connectivity index (χ0) is 39.3. The maximum Gasteiger partial charge on any atom is 0.264 e. The van der Waals surface area contributed by atoms with E-state index < -0.39 is 26.8 Å². The molecule has 2 N–H and O–H groups in total. The molecule has 4 heterocycles. The third kappa shape index (κ3) is 7.40. The molecule has 308 valence electrons. The molecule has 7 aliphatic rings. The molecule has 3 aliphatic carbocycles. The fourth-order valence-electron chi connectivity index (χ4n) is 11.8. The number of fused-ring (bicyclic) bond motifs is 5. The third-order valence-electron chi connectivity index (χ3n) is 15.5. The van der Waals surface area contributed by atoms with Gasteiger partial charge in [0.05, 0.1) is 17.5 Å². The van der Waals surface area contributed by atoms with Gasteiger partial charge >= 0.3 is 0 Å². The number of methoxy groups -OCH3 is 1. The van der Waals surface area contributed by atoms with E-state index in [1.165, 1.54) is 25.8 Å². The molecular weight excluding hydrogens is 748 g/mol. The van der Waals surface area contributed by atoms with Gasteiger partial charge in [-0.2, -0.15) is 0 Å². The normalized spacial score (nSPS) is 39.5. The number of piperazine rings is 1. The Balaban J connectivity index is 1.20. The first-order valence-corrected chi connectivity index (χ1v) is 23.3. The Hall–Kier alpha value is -2.41. The molecule has 4 fully saturated rings. The van der Waals surface area contributed by atoms with Gasteiger partial charge in [-0.3, -0.25) is 14.6 Å². The van der Waals surface area contributed by atoms with Crippen molar-refractivity contribution in [3.63, 3.8) is 0 Å². The lowest BCUT2D eigenvalue weighted by molar-refractivity contribution is -0.101. The monoisotopic (exact) mass is 810 g/mol. The van der Waals surface area contributed by atoms with Gasteiger partial charge in [0.25, 0.3) is 5.91 Å². The minimum atomic E-state index is -4.13. The highest BCUT2D eigenvalue weighted by molar-refractivity contribution is 7.90. The highest BCUT2D eigenvalue weighted by Gasteiger charge is 2.56. The molecule has 9 atom stereocenters. The molecule has 2 saturated carbocycles. The van der Waals surface area contributed by atoms with Crippen LogP contribution in [0.2, 0.25) is 0 Å². The number of hydrogen-bond acceptors (Lipinski definition) is 9. The molecule has 1 aromatic rings. The summed E-state index contributed by atoms with van der Waals surface area (Å²) in [7, 11) is -2.27. The van der Waals surface area contributed by atoms with E-state index >= 15 is 0 Å². The van der Waals surface area contributed by atoms with Crippen LogP contribution in [0.25, 0.3) is 0 Å². The highest BCUT2D eigenvalue weighted by atomic mass is 35.5. The molecule has 12 heteroatoms. The number of ether oxygens (including phenoxy) is 2. The Morgan fingerprint density at radius 1 is 1.07 bits per heavy atom. The standard InChI is InChI=1S/C44H63ClN4O6S/c1-31-8-6-18-44(54-3,29-47-21-22-48-20-5-4-10-36(48)27-47)37-13-11-33(37)26-49-28-43(17-7-9-34-25-35(45)15-19-42(34,43)2)30-55-39-14-12-32(24-38(39)49)41(51)46-56(52,53)40(31)16-23-50/h6,12,14-15,18-19,24-25,31,33-34,36-37,40,50H,4-5,7-11,13,16-17,20-23,26-30H2,1-3H3,(H,46,51)/b18-6+/t31-,33-,34?,36+,37+,40+,42?,43-,44-/m0/s1. The predicted octanol–water partition coefficient (Wildman–Crippen LogP) is 6.36. The van der Waals surface area contributed by atoms with Crippen molar-refractivity contribution in [2.45, 2.75) is 94.9 Å². The Bertz CT molecular complexity index is 1840. The van der Waals surface area contributed by atoms with Gasteiger partial charge in [-0.05, 0) is 106 Å². The summed E-state index contributed by atoms with van der Waals surface area (Å²) in [4.78, 5) is 21.6. The van der Waals surface area contributed by atoms with Crippen molar-refractivity contribution >= 4 is 33.2 Å². The number of benzene rings is 1. The van der Waals surface area contributed by atoms with Crippen LogP contribution in [0.3, 0.4) is 0 Å². The predicted molar refractivity (Wildman–Crippen MR) is 222 cm³/mol. The molecule has 2 unspecified atom stereocenters. The van der Waals surface area contributed by atoms with Gasteiger partial charge in [0.2, 0.25) is 10.0 Å². The number of carbonyl (C=O) groups is 1. The summed E-state index contributed by atoms with van der Waals surface area (Å²) >= 11 is 6.61. The number of halogens is 1. The van der Waals surface area contributed by atoms with Crippen LogP contribution >= 0.6 is 11.6 Å². The second-order valence-corrected chi connectivity index (χ2v) is 20.8. The molecule has 0 aromatic heterocycles. The quantitative estimate of drug-likeness (QED) is 0.329. The summed E-state index contributed by atoms with van der Waals surface area (Å²) in [5, 5.41) is 9.85. The van der Waals surface area contributed by atoms with Gasteiger partial charge < -0.3 is 19.5 Å². The van der Waals surface area contributed by atoms with Gasteiger partial charge in [-0.1, -0.05) is 62.6 Å². The van der Waals surface area contributed by atoms with Crippen LogP contribution in [-0.4, -0.2) is 112 Å². The number of carbonyl (C=O) groups excluding carboxylic acids is 1. The number of nitrogens with one attached hydrogen (secondary N) is 1. The number of aliphatic hydroxyl groups excluding tert-OH is 1. The summed E-state index contributed by atoms with van der Waals surface area (Å²) in [6.45, 7) is 11.1. The van der Waals surface area contributed by atoms with Crippen LogP contribution < -0.4 is 14.4 Å². The first-order chi connectivity index (χ1) is 26.9. The smallest absolute Gasteiger partial charge is 0.264 e. The van der Waals surface area contributed by atoms with Gasteiger partial charge in [0, 0.05) is 80.5 Å². The topological polar surface area (TPSA) is 112 Å². The number of hydrogen-bond donors (Lipinski definition) is 2. The van der Waals surface area contributed by atoms with Crippen molar-refractivity contribution in [3.8, 4) is 5.75 Å². The van der Waals surface area contributed by atoms with Crippen LogP contribution in [0.1, 0.15) is 88.4 Å². The summed E-state index contributed by atoms with van der Waals surface area (Å²) in [6.07, 6.45) is 20.6. The lowest BCUT2D eigenvalue weighted by atomic mass is 9.51. The van der Waals surface area contributed by atoms with Crippen molar-refractivity contribution < 1.29 is 27.8 Å². The van der Waals surface area contributed by atoms with Gasteiger partial charge in [0.15, 0.2) is 0 Å². The molecule has 2 bridgehead atoms. The van der Waals surface area contributed by atoms with Crippen molar-refractivity contribution in [1.82, 2.24) is 14.5 Å². The van der Waals surface area contributed by atoms with E-state index in [1.807, 2.05) is 26.2 Å². The van der Waals surface area contributed by atoms with E-state index in [1.54, 1.807) is 6.07 Å². The molecule has 56 heavy (non-hydrogen) atoms. The fraction of sp³-hybridized carbons (Fsp3) is 0.705. The third-order valence-corrected chi connectivity index (χ3v) is 17.7. The number of rotatable bonds is 5. The number of allylic oxidation sites excluding steroid dienone is 5. The zero-order valence-corrected chi connectivity index (χ0v) is 35.2. The Morgan fingerprint density at radius 2 is 1.93 bits per heavy atom. The van der Waals surface area contributed by atoms with Crippen molar-refractivity contribution in [1.29, 1.82) is 0 Å². The SMILES string of the molecule is CO[C@]1(CN2CCN3CCCC[C@@H]3C2)/C=C/C[C@H](C)[C@@H](CCO)S(=O)(=O)NC(=O)c2ccc3c(c2)N(C[C@@H]2CC[C@H]21)C[C@@]1(CCCC2C=C(Cl)C=CC21C)CO3. The summed E-state index contributed by atoms with van der Waals surface area (Å²) in [6, 6.07) is 5.95. The van der Waals surface area contributed by atoms with Crippen molar-refractivity contribution in [2.75, 3.05) is 71.0 Å². The summed E-state index contributed by atoms with van der Waals surface area (Å²) < 4.78 is 43.9. The first kappa shape index (κ1) is 40.4. The lowest BCUT2D eigenvalue weighted by Gasteiger charge is -2.56. The number of anilines is 1. The van der Waals surface area contributed by atoms with E-state index in [-0.39, 0.29) is 41.3 Å². The Morgan fingerprint density at radius 3 is 2.71 bits per heavy atom. The Labute approximate surface area is 339 Å². The van der Waals surface area contributed by atoms with Gasteiger partial charge in [0.1, 0.15) is 11.4 Å². The Kier molecular flexibility index (Phi) is 11.5. The molecule has 8 rings (SSSR count). The largest absolute Gasteiger partial charge is 0.491 e. The van der Waals surface area contributed by atoms with E-state index in [9.17, 15) is 18.3 Å². The molecular formula is C44H63ClN4O6S. The minimum absolute atomic E-state index is 0.0336. The number of piperidine rings is 1. The minimum Gasteiger partial charge on any atom is -0.491 e. The second-order valence-electron chi connectivity index (χ2n) is 18.5. The highest BCUT2D eigenvalue weighted by Crippen LogP contribution is 2.59. The van der Waals surface area contributed by atoms with Crippen LogP contribution in [-0.2, 0) is 14.8 Å². The number of sulfonamides is 1. The van der Waals surface area contributed by atoms with Gasteiger partial charge in [-0.25, -0.2) is 13.1 Å². The van der Waals surface area contributed by atoms with E-state index in [0.29, 0.717) is 36.7 Å².